The first kappa shape index (κ1) is 16.5. The van der Waals surface area contributed by atoms with E-state index in [1.165, 1.54) is 11.3 Å². The zero-order valence-corrected chi connectivity index (χ0v) is 14.9. The number of hydrogen-bond acceptors (Lipinski definition) is 4. The largest absolute Gasteiger partial charge is 0.327 e. The molecule has 3 heterocycles. The van der Waals surface area contributed by atoms with Gasteiger partial charge >= 0.3 is 0 Å². The maximum absolute atomic E-state index is 12.8. The van der Waals surface area contributed by atoms with Crippen LogP contribution in [0.1, 0.15) is 23.2 Å². The normalized spacial score (nSPS) is 16.6. The van der Waals surface area contributed by atoms with Gasteiger partial charge in [-0.05, 0) is 48.6 Å². The number of aromatic nitrogens is 2. The fourth-order valence-corrected chi connectivity index (χ4v) is 3.84. The molecule has 0 saturated carbocycles. The lowest BCUT2D eigenvalue weighted by atomic mass is 10.2. The smallest absolute Gasteiger partial charge is 0.255 e. The van der Waals surface area contributed by atoms with E-state index < -0.39 is 6.04 Å². The van der Waals surface area contributed by atoms with Crippen LogP contribution in [0.3, 0.4) is 0 Å². The molecular weight excluding hydrogens is 348 g/mol. The number of likely N-dealkylation sites (tertiary alicyclic amines) is 1. The highest BCUT2D eigenvalue weighted by Crippen LogP contribution is 2.23. The highest BCUT2D eigenvalue weighted by molar-refractivity contribution is 7.08. The standard InChI is InChI=1S/C19H18N4O2S/c24-18(17-6-2-9-22(17)19(25)14-7-11-26-13-14)21-15-4-1-5-16(12-15)23-10-3-8-20-23/h1,3-5,7-8,10-13,17H,2,6,9H2,(H,21,24). The van der Waals surface area contributed by atoms with E-state index in [9.17, 15) is 9.59 Å². The first-order valence-electron chi connectivity index (χ1n) is 8.46. The predicted octanol–water partition coefficient (Wildman–Crippen LogP) is 3.18. The summed E-state index contributed by atoms with van der Waals surface area (Å²) in [5.41, 5.74) is 2.21. The summed E-state index contributed by atoms with van der Waals surface area (Å²) < 4.78 is 1.73. The van der Waals surface area contributed by atoms with Crippen molar-refractivity contribution in [2.75, 3.05) is 11.9 Å². The maximum atomic E-state index is 12.8. The minimum absolute atomic E-state index is 0.0748. The second-order valence-electron chi connectivity index (χ2n) is 6.16. The topological polar surface area (TPSA) is 67.2 Å². The summed E-state index contributed by atoms with van der Waals surface area (Å²) in [6, 6.07) is 10.7. The van der Waals surface area contributed by atoms with Crippen LogP contribution in [-0.2, 0) is 4.79 Å². The molecule has 1 N–H and O–H groups in total. The van der Waals surface area contributed by atoms with Crippen LogP contribution in [0, 0.1) is 0 Å². The molecule has 1 unspecified atom stereocenters. The number of hydrogen-bond donors (Lipinski definition) is 1. The van der Waals surface area contributed by atoms with Crippen LogP contribution >= 0.6 is 11.3 Å². The van der Waals surface area contributed by atoms with Crippen LogP contribution in [0.15, 0.2) is 59.6 Å². The molecule has 4 rings (SSSR count). The lowest BCUT2D eigenvalue weighted by Crippen LogP contribution is -2.43. The summed E-state index contributed by atoms with van der Waals surface area (Å²) in [6.45, 7) is 0.611. The summed E-state index contributed by atoms with van der Waals surface area (Å²) in [5.74, 6) is -0.224. The van der Waals surface area contributed by atoms with Crippen molar-refractivity contribution in [3.05, 3.63) is 65.1 Å². The van der Waals surface area contributed by atoms with Gasteiger partial charge in [0.25, 0.3) is 5.91 Å². The SMILES string of the molecule is O=C(Nc1cccc(-n2cccn2)c1)C1CCCN1C(=O)c1ccsc1. The molecule has 0 bridgehead atoms. The summed E-state index contributed by atoms with van der Waals surface area (Å²) >= 11 is 1.48. The van der Waals surface area contributed by atoms with Crippen molar-refractivity contribution in [3.63, 3.8) is 0 Å². The Kier molecular flexibility index (Phi) is 4.53. The van der Waals surface area contributed by atoms with E-state index in [4.69, 9.17) is 0 Å². The Hall–Kier alpha value is -2.93. The summed E-state index contributed by atoms with van der Waals surface area (Å²) in [7, 11) is 0. The number of nitrogens with one attached hydrogen (secondary N) is 1. The van der Waals surface area contributed by atoms with E-state index in [1.54, 1.807) is 21.8 Å². The highest BCUT2D eigenvalue weighted by atomic mass is 32.1. The molecule has 0 spiro atoms. The van der Waals surface area contributed by atoms with E-state index in [0.29, 0.717) is 24.2 Å². The lowest BCUT2D eigenvalue weighted by Gasteiger charge is -2.23. The van der Waals surface area contributed by atoms with Gasteiger partial charge in [0, 0.05) is 30.0 Å². The van der Waals surface area contributed by atoms with Crippen LogP contribution < -0.4 is 5.32 Å². The second kappa shape index (κ2) is 7.13. The molecule has 2 amide bonds. The Morgan fingerprint density at radius 1 is 1.23 bits per heavy atom. The summed E-state index contributed by atoms with van der Waals surface area (Å²) in [6.07, 6.45) is 5.07. The molecule has 1 saturated heterocycles. The van der Waals surface area contributed by atoms with Gasteiger partial charge in [0.15, 0.2) is 0 Å². The molecule has 1 atom stereocenters. The molecule has 6 nitrogen and oxygen atoms in total. The number of rotatable bonds is 4. The van der Waals surface area contributed by atoms with E-state index in [2.05, 4.69) is 10.4 Å². The first-order chi connectivity index (χ1) is 12.7. The average molecular weight is 366 g/mol. The van der Waals surface area contributed by atoms with Crippen LogP contribution in [0.25, 0.3) is 5.69 Å². The molecule has 2 aromatic heterocycles. The van der Waals surface area contributed by atoms with Gasteiger partial charge in [0.05, 0.1) is 11.3 Å². The highest BCUT2D eigenvalue weighted by Gasteiger charge is 2.34. The fraction of sp³-hybridized carbons (Fsp3) is 0.211. The number of thiophene rings is 1. The fourth-order valence-electron chi connectivity index (χ4n) is 3.21. The van der Waals surface area contributed by atoms with E-state index in [1.807, 2.05) is 47.3 Å². The van der Waals surface area contributed by atoms with Gasteiger partial charge in [-0.15, -0.1) is 0 Å². The van der Waals surface area contributed by atoms with Crippen molar-refractivity contribution in [2.24, 2.45) is 0 Å². The summed E-state index contributed by atoms with van der Waals surface area (Å²) in [4.78, 5) is 27.1. The molecule has 7 heteroatoms. The Morgan fingerprint density at radius 2 is 2.15 bits per heavy atom. The Labute approximate surface area is 155 Å². The number of carbonyl (C=O) groups is 2. The number of anilines is 1. The molecule has 0 aliphatic carbocycles. The minimum Gasteiger partial charge on any atom is -0.327 e. The van der Waals surface area contributed by atoms with Gasteiger partial charge in [-0.2, -0.15) is 16.4 Å². The number of nitrogens with zero attached hydrogens (tertiary/aromatic N) is 3. The van der Waals surface area contributed by atoms with Gasteiger partial charge in [0.1, 0.15) is 6.04 Å². The van der Waals surface area contributed by atoms with Crippen LogP contribution in [-0.4, -0.2) is 39.1 Å². The molecule has 132 valence electrons. The van der Waals surface area contributed by atoms with E-state index in [-0.39, 0.29) is 11.8 Å². The third-order valence-electron chi connectivity index (χ3n) is 4.47. The predicted molar refractivity (Wildman–Crippen MR) is 101 cm³/mol. The molecule has 1 fully saturated rings. The maximum Gasteiger partial charge on any atom is 0.255 e. The van der Waals surface area contributed by atoms with Crippen molar-refractivity contribution < 1.29 is 9.59 Å². The Bertz CT molecular complexity index is 906. The third-order valence-corrected chi connectivity index (χ3v) is 5.15. The van der Waals surface area contributed by atoms with E-state index >= 15 is 0 Å². The molecule has 1 aliphatic rings. The molecular formula is C19H18N4O2S. The van der Waals surface area contributed by atoms with E-state index in [0.717, 1.165) is 12.1 Å². The van der Waals surface area contributed by atoms with Crippen molar-refractivity contribution >= 4 is 28.8 Å². The zero-order chi connectivity index (χ0) is 17.9. The van der Waals surface area contributed by atoms with Crippen molar-refractivity contribution in [1.82, 2.24) is 14.7 Å². The van der Waals surface area contributed by atoms with Crippen LogP contribution in [0.5, 0.6) is 0 Å². The Morgan fingerprint density at radius 3 is 2.92 bits per heavy atom. The quantitative estimate of drug-likeness (QED) is 0.771. The van der Waals surface area contributed by atoms with Crippen molar-refractivity contribution in [2.45, 2.75) is 18.9 Å². The molecule has 1 aliphatic heterocycles. The van der Waals surface area contributed by atoms with Gasteiger partial charge in [0.2, 0.25) is 5.91 Å². The zero-order valence-electron chi connectivity index (χ0n) is 14.0. The van der Waals surface area contributed by atoms with Gasteiger partial charge in [-0.3, -0.25) is 9.59 Å². The van der Waals surface area contributed by atoms with Crippen molar-refractivity contribution in [3.8, 4) is 5.69 Å². The van der Waals surface area contributed by atoms with Gasteiger partial charge < -0.3 is 10.2 Å². The van der Waals surface area contributed by atoms with Crippen molar-refractivity contribution in [1.29, 1.82) is 0 Å². The number of amides is 2. The molecule has 0 radical (unpaired) electrons. The number of benzene rings is 1. The molecule has 1 aromatic carbocycles. The van der Waals surface area contributed by atoms with Gasteiger partial charge in [-0.1, -0.05) is 6.07 Å². The molecule has 26 heavy (non-hydrogen) atoms. The second-order valence-corrected chi connectivity index (χ2v) is 6.94. The average Bonchev–Trinajstić information content (AvgIpc) is 3.44. The van der Waals surface area contributed by atoms with Crippen LogP contribution in [0.2, 0.25) is 0 Å². The number of carbonyl (C=O) groups excluding carboxylic acids is 2. The monoisotopic (exact) mass is 366 g/mol. The van der Waals surface area contributed by atoms with Crippen LogP contribution in [0.4, 0.5) is 5.69 Å². The third kappa shape index (κ3) is 3.25. The Balaban J connectivity index is 1.49. The molecule has 3 aromatic rings. The van der Waals surface area contributed by atoms with Gasteiger partial charge in [-0.25, -0.2) is 4.68 Å². The minimum atomic E-state index is -0.434. The lowest BCUT2D eigenvalue weighted by molar-refractivity contribution is -0.119. The first-order valence-corrected chi connectivity index (χ1v) is 9.41. The summed E-state index contributed by atoms with van der Waals surface area (Å²) in [5, 5.41) is 10.8.